The van der Waals surface area contributed by atoms with Crippen LogP contribution in [-0.4, -0.2) is 34.8 Å². The van der Waals surface area contributed by atoms with Gasteiger partial charge in [0.2, 0.25) is 0 Å². The number of aryl methyl sites for hydroxylation is 2. The van der Waals surface area contributed by atoms with Gasteiger partial charge in [0, 0.05) is 24.1 Å². The Hall–Kier alpha value is -1.78. The topological polar surface area (TPSA) is 58.0 Å². The zero-order valence-corrected chi connectivity index (χ0v) is 12.5. The second-order valence-electron chi connectivity index (χ2n) is 5.12. The summed E-state index contributed by atoms with van der Waals surface area (Å²) in [4.78, 5) is 9.04. The van der Waals surface area contributed by atoms with Crippen molar-refractivity contribution < 1.29 is 5.11 Å². The molecule has 0 spiro atoms. The minimum atomic E-state index is 0.249. The SMILES string of the molecule is Cc1ccccc1-c1nccc(CCCNCCCO)n1. The average Bonchev–Trinajstić information content (AvgIpc) is 2.51. The van der Waals surface area contributed by atoms with E-state index in [0.29, 0.717) is 0 Å². The molecule has 0 amide bonds. The summed E-state index contributed by atoms with van der Waals surface area (Å²) in [6.07, 6.45) is 4.62. The normalized spacial score (nSPS) is 10.8. The number of hydrogen-bond acceptors (Lipinski definition) is 4. The lowest BCUT2D eigenvalue weighted by molar-refractivity contribution is 0.286. The Morgan fingerprint density at radius 3 is 2.71 bits per heavy atom. The Bertz CT molecular complexity index is 557. The Balaban J connectivity index is 1.91. The summed E-state index contributed by atoms with van der Waals surface area (Å²) >= 11 is 0. The molecule has 0 fully saturated rings. The van der Waals surface area contributed by atoms with Crippen LogP contribution < -0.4 is 5.32 Å². The smallest absolute Gasteiger partial charge is 0.159 e. The number of hydrogen-bond donors (Lipinski definition) is 2. The van der Waals surface area contributed by atoms with Crippen molar-refractivity contribution in [1.29, 1.82) is 0 Å². The maximum atomic E-state index is 8.71. The summed E-state index contributed by atoms with van der Waals surface area (Å²) < 4.78 is 0. The highest BCUT2D eigenvalue weighted by atomic mass is 16.3. The number of aromatic nitrogens is 2. The number of nitrogens with one attached hydrogen (secondary N) is 1. The highest BCUT2D eigenvalue weighted by Crippen LogP contribution is 2.19. The van der Waals surface area contributed by atoms with E-state index in [4.69, 9.17) is 5.11 Å². The molecule has 4 heteroatoms. The van der Waals surface area contributed by atoms with E-state index in [9.17, 15) is 0 Å². The molecule has 1 aromatic heterocycles. The molecular weight excluding hydrogens is 262 g/mol. The van der Waals surface area contributed by atoms with E-state index < -0.39 is 0 Å². The third kappa shape index (κ3) is 4.92. The van der Waals surface area contributed by atoms with Gasteiger partial charge in [0.15, 0.2) is 5.82 Å². The molecule has 0 saturated heterocycles. The molecule has 0 aliphatic rings. The average molecular weight is 285 g/mol. The molecule has 0 saturated carbocycles. The first kappa shape index (κ1) is 15.6. The van der Waals surface area contributed by atoms with Crippen LogP contribution >= 0.6 is 0 Å². The molecule has 0 aliphatic carbocycles. The predicted octanol–water partition coefficient (Wildman–Crippen LogP) is 2.36. The van der Waals surface area contributed by atoms with Gasteiger partial charge in [-0.05, 0) is 50.9 Å². The summed E-state index contributed by atoms with van der Waals surface area (Å²) in [6, 6.07) is 10.2. The zero-order chi connectivity index (χ0) is 14.9. The monoisotopic (exact) mass is 285 g/mol. The van der Waals surface area contributed by atoms with Gasteiger partial charge in [-0.3, -0.25) is 0 Å². The van der Waals surface area contributed by atoms with Crippen LogP contribution in [0.15, 0.2) is 36.5 Å². The van der Waals surface area contributed by atoms with Crippen LogP contribution in [-0.2, 0) is 6.42 Å². The van der Waals surface area contributed by atoms with Crippen LogP contribution in [0.5, 0.6) is 0 Å². The first-order chi connectivity index (χ1) is 10.3. The van der Waals surface area contributed by atoms with E-state index in [0.717, 1.165) is 49.4 Å². The molecule has 0 bridgehead atoms. The van der Waals surface area contributed by atoms with Gasteiger partial charge in [-0.1, -0.05) is 24.3 Å². The summed E-state index contributed by atoms with van der Waals surface area (Å²) in [6.45, 7) is 4.15. The van der Waals surface area contributed by atoms with Gasteiger partial charge in [-0.2, -0.15) is 0 Å². The van der Waals surface area contributed by atoms with E-state index in [2.05, 4.69) is 34.3 Å². The Kier molecular flexibility index (Phi) is 6.31. The largest absolute Gasteiger partial charge is 0.396 e. The van der Waals surface area contributed by atoms with Crippen LogP contribution in [0, 0.1) is 6.92 Å². The fraction of sp³-hybridized carbons (Fsp3) is 0.412. The molecule has 21 heavy (non-hydrogen) atoms. The lowest BCUT2D eigenvalue weighted by Gasteiger charge is -2.07. The molecule has 2 aromatic rings. The maximum Gasteiger partial charge on any atom is 0.159 e. The van der Waals surface area contributed by atoms with Crippen LogP contribution in [0.3, 0.4) is 0 Å². The quantitative estimate of drug-likeness (QED) is 0.731. The summed E-state index contributed by atoms with van der Waals surface area (Å²) in [7, 11) is 0. The minimum absolute atomic E-state index is 0.249. The standard InChI is InChI=1S/C17H23N3O/c1-14-6-2-3-8-16(14)17-19-12-9-15(20-17)7-4-10-18-11-5-13-21/h2-3,6,8-9,12,18,21H,4-5,7,10-11,13H2,1H3. The van der Waals surface area contributed by atoms with Crippen molar-refractivity contribution in [3.8, 4) is 11.4 Å². The molecule has 112 valence electrons. The summed E-state index contributed by atoms with van der Waals surface area (Å²) in [5, 5.41) is 12.0. The van der Waals surface area contributed by atoms with Crippen LogP contribution in [0.25, 0.3) is 11.4 Å². The molecular formula is C17H23N3O. The fourth-order valence-electron chi connectivity index (χ4n) is 2.21. The van der Waals surface area contributed by atoms with Crippen LogP contribution in [0.2, 0.25) is 0 Å². The Morgan fingerprint density at radius 2 is 1.90 bits per heavy atom. The van der Waals surface area contributed by atoms with Crippen molar-refractivity contribution in [2.45, 2.75) is 26.2 Å². The minimum Gasteiger partial charge on any atom is -0.396 e. The van der Waals surface area contributed by atoms with E-state index in [1.165, 1.54) is 5.56 Å². The third-order valence-electron chi connectivity index (χ3n) is 3.40. The molecule has 0 radical (unpaired) electrons. The van der Waals surface area contributed by atoms with Crippen molar-refractivity contribution in [2.75, 3.05) is 19.7 Å². The lowest BCUT2D eigenvalue weighted by atomic mass is 10.1. The van der Waals surface area contributed by atoms with Gasteiger partial charge < -0.3 is 10.4 Å². The van der Waals surface area contributed by atoms with Gasteiger partial charge in [-0.25, -0.2) is 9.97 Å². The van der Waals surface area contributed by atoms with Gasteiger partial charge in [0.25, 0.3) is 0 Å². The molecule has 2 rings (SSSR count). The zero-order valence-electron chi connectivity index (χ0n) is 12.5. The van der Waals surface area contributed by atoms with Crippen molar-refractivity contribution >= 4 is 0 Å². The van der Waals surface area contributed by atoms with Crippen molar-refractivity contribution in [3.63, 3.8) is 0 Å². The highest BCUT2D eigenvalue weighted by Gasteiger charge is 2.05. The van der Waals surface area contributed by atoms with Crippen molar-refractivity contribution in [3.05, 3.63) is 47.8 Å². The van der Waals surface area contributed by atoms with Gasteiger partial charge >= 0.3 is 0 Å². The fourth-order valence-corrected chi connectivity index (χ4v) is 2.21. The first-order valence-electron chi connectivity index (χ1n) is 7.51. The van der Waals surface area contributed by atoms with Crippen LogP contribution in [0.4, 0.5) is 0 Å². The molecule has 0 aliphatic heterocycles. The molecule has 1 heterocycles. The second-order valence-corrected chi connectivity index (χ2v) is 5.12. The number of benzene rings is 1. The lowest BCUT2D eigenvalue weighted by Crippen LogP contribution is -2.18. The van der Waals surface area contributed by atoms with E-state index in [1.54, 1.807) is 0 Å². The second kappa shape index (κ2) is 8.49. The summed E-state index contributed by atoms with van der Waals surface area (Å²) in [5.41, 5.74) is 3.37. The van der Waals surface area contributed by atoms with Gasteiger partial charge in [0.05, 0.1) is 0 Å². The predicted molar refractivity (Wildman–Crippen MR) is 85.1 cm³/mol. The van der Waals surface area contributed by atoms with E-state index >= 15 is 0 Å². The van der Waals surface area contributed by atoms with Gasteiger partial charge in [-0.15, -0.1) is 0 Å². The van der Waals surface area contributed by atoms with Crippen molar-refractivity contribution in [2.24, 2.45) is 0 Å². The third-order valence-corrected chi connectivity index (χ3v) is 3.40. The number of aliphatic hydroxyl groups is 1. The summed E-state index contributed by atoms with van der Waals surface area (Å²) in [5.74, 6) is 0.804. The van der Waals surface area contributed by atoms with Crippen LogP contribution in [0.1, 0.15) is 24.1 Å². The van der Waals surface area contributed by atoms with E-state index in [-0.39, 0.29) is 6.61 Å². The highest BCUT2D eigenvalue weighted by molar-refractivity contribution is 5.59. The van der Waals surface area contributed by atoms with Gasteiger partial charge in [0.1, 0.15) is 0 Å². The molecule has 2 N–H and O–H groups in total. The number of aliphatic hydroxyl groups excluding tert-OH is 1. The molecule has 1 aromatic carbocycles. The van der Waals surface area contributed by atoms with E-state index in [1.807, 2.05) is 24.4 Å². The first-order valence-corrected chi connectivity index (χ1v) is 7.51. The molecule has 0 unspecified atom stereocenters. The number of nitrogens with zero attached hydrogens (tertiary/aromatic N) is 2. The Morgan fingerprint density at radius 1 is 1.10 bits per heavy atom. The number of rotatable bonds is 8. The maximum absolute atomic E-state index is 8.71. The van der Waals surface area contributed by atoms with Crippen molar-refractivity contribution in [1.82, 2.24) is 15.3 Å². The molecule has 0 atom stereocenters. The Labute approximate surface area is 126 Å². The molecule has 4 nitrogen and oxygen atoms in total.